The summed E-state index contributed by atoms with van der Waals surface area (Å²) in [7, 11) is 0. The van der Waals surface area contributed by atoms with Crippen molar-refractivity contribution < 1.29 is 4.79 Å². The SMILES string of the molecule is CCN(C(=O)c1cc2ccccc2[nH]1)[C@H]1CCC[C@H](S)[C@@H](NCc2nnc(C3CC3)s2)C1. The van der Waals surface area contributed by atoms with Gasteiger partial charge in [-0.05, 0) is 51.2 Å². The predicted molar refractivity (Wildman–Crippen MR) is 133 cm³/mol. The molecule has 2 aliphatic carbocycles. The van der Waals surface area contributed by atoms with Crippen molar-refractivity contribution in [1.82, 2.24) is 25.4 Å². The van der Waals surface area contributed by atoms with Crippen LogP contribution in [0.1, 0.15) is 71.9 Å². The highest BCUT2D eigenvalue weighted by atomic mass is 32.1. The van der Waals surface area contributed by atoms with Crippen molar-refractivity contribution in [3.05, 3.63) is 46.0 Å². The molecule has 0 bridgehead atoms. The Morgan fingerprint density at radius 3 is 2.88 bits per heavy atom. The summed E-state index contributed by atoms with van der Waals surface area (Å²) in [5.41, 5.74) is 1.68. The van der Waals surface area contributed by atoms with Gasteiger partial charge in [0.15, 0.2) is 0 Å². The zero-order chi connectivity index (χ0) is 22.1. The number of para-hydroxylation sites is 1. The van der Waals surface area contributed by atoms with Crippen LogP contribution in [0.25, 0.3) is 10.9 Å². The number of rotatable bonds is 7. The molecule has 0 unspecified atom stereocenters. The second-order valence-electron chi connectivity index (χ2n) is 9.04. The Bertz CT molecular complexity index is 1040. The smallest absolute Gasteiger partial charge is 0.270 e. The molecule has 32 heavy (non-hydrogen) atoms. The minimum Gasteiger partial charge on any atom is -0.351 e. The molecule has 0 aliphatic heterocycles. The minimum absolute atomic E-state index is 0.0864. The quantitative estimate of drug-likeness (QED) is 0.345. The van der Waals surface area contributed by atoms with E-state index in [4.69, 9.17) is 12.6 Å². The van der Waals surface area contributed by atoms with E-state index in [2.05, 4.69) is 27.4 Å². The summed E-state index contributed by atoms with van der Waals surface area (Å²) in [4.78, 5) is 18.8. The monoisotopic (exact) mass is 469 g/mol. The summed E-state index contributed by atoms with van der Waals surface area (Å²) < 4.78 is 0. The average molecular weight is 470 g/mol. The van der Waals surface area contributed by atoms with Crippen LogP contribution in [0.4, 0.5) is 0 Å². The third kappa shape index (κ3) is 4.72. The molecule has 0 spiro atoms. The molecule has 8 heteroatoms. The van der Waals surface area contributed by atoms with Crippen molar-refractivity contribution in [3.8, 4) is 0 Å². The molecule has 2 N–H and O–H groups in total. The first-order chi connectivity index (χ1) is 15.6. The van der Waals surface area contributed by atoms with E-state index in [1.807, 2.05) is 35.2 Å². The summed E-state index contributed by atoms with van der Waals surface area (Å²) in [6.07, 6.45) is 6.56. The number of H-pyrrole nitrogens is 1. The molecular formula is C24H31N5OS2. The number of aromatic amines is 1. The Hall–Kier alpha value is -1.90. The van der Waals surface area contributed by atoms with Crippen LogP contribution in [-0.4, -0.2) is 49.9 Å². The lowest BCUT2D eigenvalue weighted by atomic mass is 10.0. The molecule has 3 aromatic rings. The van der Waals surface area contributed by atoms with Crippen molar-refractivity contribution in [2.45, 2.75) is 75.2 Å². The second-order valence-corrected chi connectivity index (χ2v) is 10.8. The van der Waals surface area contributed by atoms with E-state index in [-0.39, 0.29) is 23.2 Å². The second kappa shape index (κ2) is 9.53. The molecule has 170 valence electrons. The molecule has 2 aliphatic rings. The van der Waals surface area contributed by atoms with E-state index in [0.717, 1.165) is 48.1 Å². The Morgan fingerprint density at radius 1 is 1.25 bits per heavy atom. The predicted octanol–water partition coefficient (Wildman–Crippen LogP) is 4.76. The van der Waals surface area contributed by atoms with Gasteiger partial charge in [-0.3, -0.25) is 4.79 Å². The van der Waals surface area contributed by atoms with Gasteiger partial charge in [0, 0.05) is 47.2 Å². The number of hydrogen-bond acceptors (Lipinski definition) is 6. The number of carbonyl (C=O) groups excluding carboxylic acids is 1. The van der Waals surface area contributed by atoms with Crippen molar-refractivity contribution in [1.29, 1.82) is 0 Å². The van der Waals surface area contributed by atoms with Crippen LogP contribution < -0.4 is 5.32 Å². The van der Waals surface area contributed by atoms with Crippen molar-refractivity contribution in [3.63, 3.8) is 0 Å². The molecule has 0 radical (unpaired) electrons. The van der Waals surface area contributed by atoms with Crippen LogP contribution in [0, 0.1) is 0 Å². The summed E-state index contributed by atoms with van der Waals surface area (Å²) in [5.74, 6) is 0.734. The molecule has 2 saturated carbocycles. The van der Waals surface area contributed by atoms with Crippen molar-refractivity contribution in [2.24, 2.45) is 0 Å². The van der Waals surface area contributed by atoms with Crippen LogP contribution in [0.15, 0.2) is 30.3 Å². The van der Waals surface area contributed by atoms with Crippen LogP contribution in [-0.2, 0) is 6.54 Å². The lowest BCUT2D eigenvalue weighted by Gasteiger charge is -2.32. The number of amides is 1. The van der Waals surface area contributed by atoms with E-state index in [1.54, 1.807) is 11.3 Å². The molecule has 2 heterocycles. The molecule has 0 saturated heterocycles. The Labute approximate surface area is 198 Å². The van der Waals surface area contributed by atoms with Crippen LogP contribution in [0.5, 0.6) is 0 Å². The van der Waals surface area contributed by atoms with Gasteiger partial charge in [-0.25, -0.2) is 0 Å². The molecule has 2 fully saturated rings. The zero-order valence-corrected chi connectivity index (χ0v) is 20.2. The maximum atomic E-state index is 13.4. The number of thiol groups is 1. The number of carbonyl (C=O) groups is 1. The highest BCUT2D eigenvalue weighted by Gasteiger charge is 2.32. The van der Waals surface area contributed by atoms with Crippen molar-refractivity contribution >= 4 is 40.8 Å². The first-order valence-corrected chi connectivity index (χ1v) is 13.1. The van der Waals surface area contributed by atoms with Gasteiger partial charge in [-0.15, -0.1) is 10.2 Å². The number of hydrogen-bond donors (Lipinski definition) is 3. The molecule has 1 amide bonds. The fraction of sp³-hybridized carbons (Fsp3) is 0.542. The number of nitrogens with zero attached hydrogens (tertiary/aromatic N) is 3. The van der Waals surface area contributed by atoms with E-state index in [0.29, 0.717) is 18.2 Å². The first-order valence-electron chi connectivity index (χ1n) is 11.7. The minimum atomic E-state index is 0.0864. The largest absolute Gasteiger partial charge is 0.351 e. The Morgan fingerprint density at radius 2 is 2.09 bits per heavy atom. The van der Waals surface area contributed by atoms with E-state index in [1.165, 1.54) is 17.8 Å². The lowest BCUT2D eigenvalue weighted by Crippen LogP contribution is -2.45. The molecule has 3 atom stereocenters. The van der Waals surface area contributed by atoms with Gasteiger partial charge < -0.3 is 15.2 Å². The third-order valence-corrected chi connectivity index (χ3v) is 8.46. The van der Waals surface area contributed by atoms with Gasteiger partial charge in [0.2, 0.25) is 0 Å². The maximum absolute atomic E-state index is 13.4. The highest BCUT2D eigenvalue weighted by molar-refractivity contribution is 7.81. The van der Waals surface area contributed by atoms with Gasteiger partial charge >= 0.3 is 0 Å². The van der Waals surface area contributed by atoms with Gasteiger partial charge in [0.05, 0.1) is 0 Å². The summed E-state index contributed by atoms with van der Waals surface area (Å²) in [6.45, 7) is 3.50. The van der Waals surface area contributed by atoms with Gasteiger partial charge in [-0.1, -0.05) is 36.0 Å². The highest BCUT2D eigenvalue weighted by Crippen LogP contribution is 2.41. The standard InChI is InChI=1S/C24H31N5OS2/c1-2-29(24(30)20-12-16-6-3-4-8-18(16)26-20)17-7-5-9-21(31)19(13-17)25-14-22-27-28-23(32-22)15-10-11-15/h3-4,6,8,12,15,17,19,21,25-26,31H,2,5,7,9-11,13-14H2,1H3/t17-,19-,21-/m0/s1. The molecule has 2 aromatic heterocycles. The third-order valence-electron chi connectivity index (χ3n) is 6.75. The Balaban J connectivity index is 1.27. The van der Waals surface area contributed by atoms with Crippen LogP contribution >= 0.6 is 24.0 Å². The van der Waals surface area contributed by atoms with Crippen molar-refractivity contribution in [2.75, 3.05) is 6.54 Å². The van der Waals surface area contributed by atoms with Gasteiger partial charge in [-0.2, -0.15) is 12.6 Å². The van der Waals surface area contributed by atoms with E-state index in [9.17, 15) is 4.79 Å². The average Bonchev–Trinajstić information content (AvgIpc) is 3.43. The summed E-state index contributed by atoms with van der Waals surface area (Å²) in [6, 6.07) is 10.5. The molecule has 6 nitrogen and oxygen atoms in total. The van der Waals surface area contributed by atoms with E-state index >= 15 is 0 Å². The Kier molecular flexibility index (Phi) is 6.53. The first kappa shape index (κ1) is 21.9. The molecule has 5 rings (SSSR count). The number of aromatic nitrogens is 3. The fourth-order valence-electron chi connectivity index (χ4n) is 4.80. The fourth-order valence-corrected chi connectivity index (χ4v) is 6.17. The summed E-state index contributed by atoms with van der Waals surface area (Å²) >= 11 is 6.64. The number of fused-ring (bicyclic) bond motifs is 1. The molecular weight excluding hydrogens is 438 g/mol. The number of benzene rings is 1. The zero-order valence-electron chi connectivity index (χ0n) is 18.5. The number of nitrogens with one attached hydrogen (secondary N) is 2. The van der Waals surface area contributed by atoms with Crippen LogP contribution in [0.3, 0.4) is 0 Å². The topological polar surface area (TPSA) is 73.9 Å². The van der Waals surface area contributed by atoms with Gasteiger partial charge in [0.1, 0.15) is 15.7 Å². The normalized spacial score (nSPS) is 23.9. The summed E-state index contributed by atoms with van der Waals surface area (Å²) in [5, 5.41) is 16.0. The van der Waals surface area contributed by atoms with Gasteiger partial charge in [0.25, 0.3) is 5.91 Å². The molecule has 1 aromatic carbocycles. The lowest BCUT2D eigenvalue weighted by molar-refractivity contribution is 0.0660. The maximum Gasteiger partial charge on any atom is 0.270 e. The van der Waals surface area contributed by atoms with Crippen LogP contribution in [0.2, 0.25) is 0 Å². The van der Waals surface area contributed by atoms with E-state index < -0.39 is 0 Å².